The summed E-state index contributed by atoms with van der Waals surface area (Å²) in [5.41, 5.74) is 2.10. The van der Waals surface area contributed by atoms with Crippen molar-refractivity contribution in [2.75, 3.05) is 17.6 Å². The number of thioether (sulfide) groups is 1. The van der Waals surface area contributed by atoms with Crippen LogP contribution in [0.2, 0.25) is 10.0 Å². The maximum Gasteiger partial charge on any atom is 0.255 e. The Balaban J connectivity index is 1.43. The topological polar surface area (TPSA) is 80.1 Å². The van der Waals surface area contributed by atoms with Crippen LogP contribution in [0.4, 0.5) is 5.69 Å². The van der Waals surface area contributed by atoms with Crippen LogP contribution in [0.3, 0.4) is 0 Å². The zero-order chi connectivity index (χ0) is 23.5. The van der Waals surface area contributed by atoms with Gasteiger partial charge in [0.15, 0.2) is 11.0 Å². The fourth-order valence-corrected chi connectivity index (χ4v) is 5.05. The third-order valence-corrected chi connectivity index (χ3v) is 7.16. The van der Waals surface area contributed by atoms with E-state index in [2.05, 4.69) is 15.5 Å². The molecule has 1 unspecified atom stereocenters. The minimum atomic E-state index is -0.189. The second-order valence-corrected chi connectivity index (χ2v) is 9.62. The molecule has 3 aromatic rings. The largest absolute Gasteiger partial charge is 0.328 e. The lowest BCUT2D eigenvalue weighted by atomic mass is 10.1. The molecule has 2 heterocycles. The van der Waals surface area contributed by atoms with E-state index >= 15 is 0 Å². The van der Waals surface area contributed by atoms with E-state index in [-0.39, 0.29) is 23.6 Å². The Labute approximate surface area is 206 Å². The van der Waals surface area contributed by atoms with Gasteiger partial charge in [-0.1, -0.05) is 47.1 Å². The smallest absolute Gasteiger partial charge is 0.255 e. The summed E-state index contributed by atoms with van der Waals surface area (Å²) in [5, 5.41) is 13.2. The molecule has 1 N–H and O–H groups in total. The number of anilines is 1. The molecule has 172 valence electrons. The van der Waals surface area contributed by atoms with Gasteiger partial charge < -0.3 is 14.8 Å². The van der Waals surface area contributed by atoms with E-state index in [1.165, 1.54) is 11.8 Å². The van der Waals surface area contributed by atoms with Gasteiger partial charge in [-0.3, -0.25) is 9.59 Å². The zero-order valence-electron chi connectivity index (χ0n) is 18.2. The van der Waals surface area contributed by atoms with E-state index in [4.69, 9.17) is 23.2 Å². The Bertz CT molecular complexity index is 1200. The van der Waals surface area contributed by atoms with Gasteiger partial charge in [-0.05, 0) is 55.7 Å². The number of nitrogens with one attached hydrogen (secondary N) is 1. The molecule has 1 aliphatic heterocycles. The standard InChI is InChI=1S/C23H23Cl2N5O2S/c1-14-12-15(24)9-10-18(14)26-20(31)13-33-23-28-27-21(29(23)2)19-8-5-11-30(19)22(32)16-6-3-4-7-17(16)25/h3-4,6-7,9-10,12,19H,5,8,11,13H2,1-2H3,(H,26,31). The van der Waals surface area contributed by atoms with Gasteiger partial charge in [0.1, 0.15) is 0 Å². The minimum Gasteiger partial charge on any atom is -0.328 e. The minimum absolute atomic E-state index is 0.113. The highest BCUT2D eigenvalue weighted by Gasteiger charge is 2.34. The molecule has 1 saturated heterocycles. The number of amides is 2. The van der Waals surface area contributed by atoms with Crippen molar-refractivity contribution in [1.29, 1.82) is 0 Å². The first-order valence-electron chi connectivity index (χ1n) is 10.5. The van der Waals surface area contributed by atoms with E-state index < -0.39 is 0 Å². The number of carbonyl (C=O) groups excluding carboxylic acids is 2. The lowest BCUT2D eigenvalue weighted by molar-refractivity contribution is -0.113. The Kier molecular flexibility index (Phi) is 7.26. The van der Waals surface area contributed by atoms with Gasteiger partial charge in [0.05, 0.1) is 22.4 Å². The summed E-state index contributed by atoms with van der Waals surface area (Å²) in [5.74, 6) is 0.620. The van der Waals surface area contributed by atoms with E-state index in [9.17, 15) is 9.59 Å². The maximum atomic E-state index is 13.1. The zero-order valence-corrected chi connectivity index (χ0v) is 20.5. The van der Waals surface area contributed by atoms with E-state index in [0.29, 0.717) is 33.1 Å². The van der Waals surface area contributed by atoms with Crippen molar-refractivity contribution in [3.63, 3.8) is 0 Å². The first-order valence-corrected chi connectivity index (χ1v) is 12.2. The molecule has 2 amide bonds. The number of aryl methyl sites for hydroxylation is 1. The number of likely N-dealkylation sites (tertiary alicyclic amines) is 1. The van der Waals surface area contributed by atoms with E-state index in [1.54, 1.807) is 47.4 Å². The average Bonchev–Trinajstić information content (AvgIpc) is 3.40. The van der Waals surface area contributed by atoms with Gasteiger partial charge in [-0.15, -0.1) is 10.2 Å². The summed E-state index contributed by atoms with van der Waals surface area (Å²) < 4.78 is 1.86. The van der Waals surface area contributed by atoms with Gasteiger partial charge in [-0.25, -0.2) is 0 Å². The molecule has 0 saturated carbocycles. The monoisotopic (exact) mass is 503 g/mol. The molecule has 7 nitrogen and oxygen atoms in total. The maximum absolute atomic E-state index is 13.1. The number of aromatic nitrogens is 3. The van der Waals surface area contributed by atoms with Gasteiger partial charge in [0.25, 0.3) is 5.91 Å². The number of nitrogens with zero attached hydrogens (tertiary/aromatic N) is 4. The molecule has 0 spiro atoms. The van der Waals surface area contributed by atoms with Gasteiger partial charge >= 0.3 is 0 Å². The fourth-order valence-electron chi connectivity index (χ4n) is 3.89. The molecule has 4 rings (SSSR count). The molecule has 1 atom stereocenters. The molecule has 0 bridgehead atoms. The van der Waals surface area contributed by atoms with Crippen molar-refractivity contribution in [2.45, 2.75) is 31.0 Å². The molecule has 0 aliphatic carbocycles. The molecule has 33 heavy (non-hydrogen) atoms. The molecular weight excluding hydrogens is 481 g/mol. The summed E-state index contributed by atoms with van der Waals surface area (Å²) >= 11 is 13.5. The Morgan fingerprint density at radius 1 is 1.18 bits per heavy atom. The number of hydrogen-bond donors (Lipinski definition) is 1. The third kappa shape index (κ3) is 5.18. The lowest BCUT2D eigenvalue weighted by Crippen LogP contribution is -2.32. The highest BCUT2D eigenvalue weighted by atomic mass is 35.5. The quantitative estimate of drug-likeness (QED) is 0.471. The first-order chi connectivity index (χ1) is 15.8. The molecule has 1 aliphatic rings. The van der Waals surface area contributed by atoms with Crippen molar-refractivity contribution < 1.29 is 9.59 Å². The summed E-state index contributed by atoms with van der Waals surface area (Å²) in [6.45, 7) is 2.52. The molecule has 10 heteroatoms. The van der Waals surface area contributed by atoms with Crippen molar-refractivity contribution in [1.82, 2.24) is 19.7 Å². The predicted molar refractivity (Wildman–Crippen MR) is 131 cm³/mol. The van der Waals surface area contributed by atoms with Crippen LogP contribution in [0.5, 0.6) is 0 Å². The Morgan fingerprint density at radius 3 is 2.73 bits per heavy atom. The predicted octanol–water partition coefficient (Wildman–Crippen LogP) is 5.14. The highest BCUT2D eigenvalue weighted by molar-refractivity contribution is 7.99. The lowest BCUT2D eigenvalue weighted by Gasteiger charge is -2.24. The first kappa shape index (κ1) is 23.6. The van der Waals surface area contributed by atoms with Crippen LogP contribution in [0.1, 0.15) is 40.6 Å². The van der Waals surface area contributed by atoms with Gasteiger partial charge in [0, 0.05) is 24.3 Å². The summed E-state index contributed by atoms with van der Waals surface area (Å²) in [4.78, 5) is 27.4. The SMILES string of the molecule is Cc1cc(Cl)ccc1NC(=O)CSc1nnc(C2CCCN2C(=O)c2ccccc2Cl)n1C. The normalized spacial score (nSPS) is 15.6. The molecule has 0 radical (unpaired) electrons. The van der Waals surface area contributed by atoms with Crippen LogP contribution in [0.25, 0.3) is 0 Å². The van der Waals surface area contributed by atoms with Crippen LogP contribution in [-0.4, -0.2) is 43.8 Å². The highest BCUT2D eigenvalue weighted by Crippen LogP contribution is 2.34. The van der Waals surface area contributed by atoms with Crippen LogP contribution >= 0.6 is 35.0 Å². The molecule has 2 aromatic carbocycles. The number of hydrogen-bond acceptors (Lipinski definition) is 5. The van der Waals surface area contributed by atoms with E-state index in [0.717, 1.165) is 24.1 Å². The van der Waals surface area contributed by atoms with Crippen LogP contribution in [0.15, 0.2) is 47.6 Å². The number of rotatable bonds is 6. The number of halogens is 2. The second kappa shape index (κ2) is 10.2. The fraction of sp³-hybridized carbons (Fsp3) is 0.304. The van der Waals surface area contributed by atoms with Crippen molar-refractivity contribution in [3.05, 3.63) is 69.5 Å². The second-order valence-electron chi connectivity index (χ2n) is 7.83. The average molecular weight is 504 g/mol. The summed E-state index contributed by atoms with van der Waals surface area (Å²) in [6, 6.07) is 12.2. The van der Waals surface area contributed by atoms with Crippen LogP contribution < -0.4 is 5.32 Å². The number of carbonyl (C=O) groups is 2. The molecule has 1 fully saturated rings. The van der Waals surface area contributed by atoms with Crippen LogP contribution in [-0.2, 0) is 11.8 Å². The van der Waals surface area contributed by atoms with Crippen LogP contribution in [0, 0.1) is 6.92 Å². The molecule has 1 aromatic heterocycles. The Hall–Kier alpha value is -2.55. The van der Waals surface area contributed by atoms with Crippen molar-refractivity contribution in [2.24, 2.45) is 7.05 Å². The molecular formula is C23H23Cl2N5O2S. The van der Waals surface area contributed by atoms with E-state index in [1.807, 2.05) is 18.5 Å². The number of benzene rings is 2. The summed E-state index contributed by atoms with van der Waals surface area (Å²) in [6.07, 6.45) is 1.67. The Morgan fingerprint density at radius 2 is 1.97 bits per heavy atom. The summed E-state index contributed by atoms with van der Waals surface area (Å²) in [7, 11) is 1.86. The van der Waals surface area contributed by atoms with Crippen molar-refractivity contribution >= 4 is 52.5 Å². The van der Waals surface area contributed by atoms with Gasteiger partial charge in [-0.2, -0.15) is 0 Å². The third-order valence-electron chi connectivity index (χ3n) is 5.58. The van der Waals surface area contributed by atoms with Gasteiger partial charge in [0.2, 0.25) is 5.91 Å². The van der Waals surface area contributed by atoms with Crippen molar-refractivity contribution in [3.8, 4) is 0 Å².